The molecule has 0 radical (unpaired) electrons. The molecule has 2 aromatic rings. The average molecular weight is 274 g/mol. The number of benzene rings is 2. The van der Waals surface area contributed by atoms with E-state index in [2.05, 4.69) is 5.32 Å². The summed E-state index contributed by atoms with van der Waals surface area (Å²) in [5.41, 5.74) is 2.75. The van der Waals surface area contributed by atoms with Gasteiger partial charge in [-0.05, 0) is 30.2 Å². The van der Waals surface area contributed by atoms with E-state index in [4.69, 9.17) is 11.6 Å². The van der Waals surface area contributed by atoms with E-state index in [1.54, 1.807) is 12.1 Å². The van der Waals surface area contributed by atoms with E-state index in [9.17, 15) is 4.79 Å². The van der Waals surface area contributed by atoms with Crippen LogP contribution in [0.15, 0.2) is 54.6 Å². The van der Waals surface area contributed by atoms with Gasteiger partial charge in [0.2, 0.25) is 0 Å². The number of rotatable bonds is 4. The van der Waals surface area contributed by atoms with Crippen molar-refractivity contribution in [2.24, 2.45) is 0 Å². The average Bonchev–Trinajstić information content (AvgIpc) is 2.48. The molecular weight excluding hydrogens is 258 g/mol. The summed E-state index contributed by atoms with van der Waals surface area (Å²) >= 11 is 5.72. The predicted octanol–water partition coefficient (Wildman–Crippen LogP) is 3.92. The van der Waals surface area contributed by atoms with E-state index in [0.717, 1.165) is 11.1 Å². The Morgan fingerprint density at radius 2 is 1.74 bits per heavy atom. The van der Waals surface area contributed by atoms with Crippen LogP contribution in [0.2, 0.25) is 0 Å². The maximum atomic E-state index is 12.1. The molecule has 0 spiro atoms. The van der Waals surface area contributed by atoms with Crippen LogP contribution in [0.3, 0.4) is 0 Å². The highest BCUT2D eigenvalue weighted by atomic mass is 35.5. The number of nitrogens with one attached hydrogen (secondary N) is 1. The first-order chi connectivity index (χ1) is 9.20. The number of amides is 1. The van der Waals surface area contributed by atoms with Crippen LogP contribution in [-0.4, -0.2) is 5.91 Å². The van der Waals surface area contributed by atoms with Gasteiger partial charge >= 0.3 is 0 Å². The lowest BCUT2D eigenvalue weighted by Crippen LogP contribution is -2.26. The minimum absolute atomic E-state index is 0.0126. The molecule has 3 heteroatoms. The Balaban J connectivity index is 2.04. The molecule has 0 unspecified atom stereocenters. The predicted molar refractivity (Wildman–Crippen MR) is 78.3 cm³/mol. The Labute approximate surface area is 118 Å². The molecule has 2 nitrogen and oxygen atoms in total. The fraction of sp³-hybridized carbons (Fsp3) is 0.188. The van der Waals surface area contributed by atoms with Gasteiger partial charge in [0.15, 0.2) is 0 Å². The number of alkyl halides is 1. The maximum absolute atomic E-state index is 12.1. The molecule has 98 valence electrons. The van der Waals surface area contributed by atoms with Gasteiger partial charge in [-0.2, -0.15) is 0 Å². The number of carbonyl (C=O) groups excluding carboxylic acids is 1. The second-order valence-electron chi connectivity index (χ2n) is 4.44. The van der Waals surface area contributed by atoms with Crippen molar-refractivity contribution >= 4 is 17.5 Å². The van der Waals surface area contributed by atoms with Crippen LogP contribution in [0, 0.1) is 0 Å². The normalized spacial score (nSPS) is 11.9. The second kappa shape index (κ2) is 6.39. The summed E-state index contributed by atoms with van der Waals surface area (Å²) < 4.78 is 0. The molecule has 19 heavy (non-hydrogen) atoms. The minimum atomic E-state index is -0.0718. The zero-order chi connectivity index (χ0) is 13.7. The summed E-state index contributed by atoms with van der Waals surface area (Å²) in [6.07, 6.45) is 0. The quantitative estimate of drug-likeness (QED) is 0.841. The van der Waals surface area contributed by atoms with Crippen LogP contribution in [0.25, 0.3) is 0 Å². The third kappa shape index (κ3) is 3.58. The van der Waals surface area contributed by atoms with Gasteiger partial charge < -0.3 is 5.32 Å². The summed E-state index contributed by atoms with van der Waals surface area (Å²) in [5, 5.41) is 2.98. The first kappa shape index (κ1) is 13.6. The molecule has 0 heterocycles. The van der Waals surface area contributed by atoms with Crippen molar-refractivity contribution in [3.05, 3.63) is 71.3 Å². The summed E-state index contributed by atoms with van der Waals surface area (Å²) in [5.74, 6) is 0.389. The van der Waals surface area contributed by atoms with Crippen LogP contribution in [0.4, 0.5) is 0 Å². The molecule has 0 aromatic heterocycles. The second-order valence-corrected chi connectivity index (χ2v) is 4.70. The van der Waals surface area contributed by atoms with Gasteiger partial charge in [0, 0.05) is 11.4 Å². The lowest BCUT2D eigenvalue weighted by molar-refractivity contribution is 0.0940. The Kier molecular flexibility index (Phi) is 4.58. The lowest BCUT2D eigenvalue weighted by Gasteiger charge is -2.14. The van der Waals surface area contributed by atoms with Gasteiger partial charge in [0.1, 0.15) is 0 Å². The molecule has 1 amide bonds. The van der Waals surface area contributed by atoms with Crippen LogP contribution >= 0.6 is 11.6 Å². The van der Waals surface area contributed by atoms with E-state index in [0.29, 0.717) is 11.4 Å². The SMILES string of the molecule is C[C@H](NC(=O)c1ccc(CCl)cc1)c1ccccc1. The summed E-state index contributed by atoms with van der Waals surface area (Å²) in [6, 6.07) is 17.2. The Morgan fingerprint density at radius 1 is 1.11 bits per heavy atom. The van der Waals surface area contributed by atoms with Gasteiger partial charge in [-0.25, -0.2) is 0 Å². The van der Waals surface area contributed by atoms with E-state index < -0.39 is 0 Å². The molecule has 0 fully saturated rings. The molecule has 0 aliphatic heterocycles. The van der Waals surface area contributed by atoms with E-state index >= 15 is 0 Å². The zero-order valence-corrected chi connectivity index (χ0v) is 11.5. The fourth-order valence-corrected chi connectivity index (χ4v) is 2.03. The van der Waals surface area contributed by atoms with Crippen molar-refractivity contribution in [1.29, 1.82) is 0 Å². The molecule has 2 rings (SSSR count). The van der Waals surface area contributed by atoms with Gasteiger partial charge in [0.25, 0.3) is 5.91 Å². The zero-order valence-electron chi connectivity index (χ0n) is 10.8. The van der Waals surface area contributed by atoms with Crippen molar-refractivity contribution in [1.82, 2.24) is 5.32 Å². The summed E-state index contributed by atoms with van der Waals surface area (Å²) in [7, 11) is 0. The standard InChI is InChI=1S/C16H16ClNO/c1-12(14-5-3-2-4-6-14)18-16(19)15-9-7-13(11-17)8-10-15/h2-10,12H,11H2,1H3,(H,18,19)/t12-/m0/s1. The number of hydrogen-bond acceptors (Lipinski definition) is 1. The minimum Gasteiger partial charge on any atom is -0.346 e. The molecule has 1 atom stereocenters. The number of carbonyl (C=O) groups is 1. The summed E-state index contributed by atoms with van der Waals surface area (Å²) in [4.78, 5) is 12.1. The first-order valence-electron chi connectivity index (χ1n) is 6.21. The molecule has 2 aromatic carbocycles. The van der Waals surface area contributed by atoms with Gasteiger partial charge in [-0.3, -0.25) is 4.79 Å². The van der Waals surface area contributed by atoms with E-state index in [-0.39, 0.29) is 11.9 Å². The third-order valence-electron chi connectivity index (χ3n) is 3.02. The highest BCUT2D eigenvalue weighted by Crippen LogP contribution is 2.13. The Bertz CT molecular complexity index is 536. The van der Waals surface area contributed by atoms with Crippen LogP contribution in [-0.2, 0) is 5.88 Å². The fourth-order valence-electron chi connectivity index (χ4n) is 1.85. The van der Waals surface area contributed by atoms with Gasteiger partial charge in [-0.1, -0.05) is 42.5 Å². The molecular formula is C16H16ClNO. The Hall–Kier alpha value is -1.80. The topological polar surface area (TPSA) is 29.1 Å². The molecule has 0 saturated heterocycles. The highest BCUT2D eigenvalue weighted by Gasteiger charge is 2.10. The lowest BCUT2D eigenvalue weighted by atomic mass is 10.1. The van der Waals surface area contributed by atoms with Crippen molar-refractivity contribution in [3.8, 4) is 0 Å². The van der Waals surface area contributed by atoms with Crippen molar-refractivity contribution < 1.29 is 4.79 Å². The van der Waals surface area contributed by atoms with Gasteiger partial charge in [-0.15, -0.1) is 11.6 Å². The van der Waals surface area contributed by atoms with Crippen molar-refractivity contribution in [2.75, 3.05) is 0 Å². The first-order valence-corrected chi connectivity index (χ1v) is 6.75. The molecule has 0 saturated carbocycles. The maximum Gasteiger partial charge on any atom is 0.251 e. The highest BCUT2D eigenvalue weighted by molar-refractivity contribution is 6.17. The molecule has 0 aliphatic rings. The molecule has 0 bridgehead atoms. The largest absolute Gasteiger partial charge is 0.346 e. The summed E-state index contributed by atoms with van der Waals surface area (Å²) in [6.45, 7) is 1.97. The Morgan fingerprint density at radius 3 is 2.32 bits per heavy atom. The third-order valence-corrected chi connectivity index (χ3v) is 3.33. The molecule has 0 aliphatic carbocycles. The van der Waals surface area contributed by atoms with E-state index in [1.165, 1.54) is 0 Å². The smallest absolute Gasteiger partial charge is 0.251 e. The number of halogens is 1. The van der Waals surface area contributed by atoms with E-state index in [1.807, 2.05) is 49.4 Å². The number of hydrogen-bond donors (Lipinski definition) is 1. The van der Waals surface area contributed by atoms with Crippen molar-refractivity contribution in [3.63, 3.8) is 0 Å². The van der Waals surface area contributed by atoms with Gasteiger partial charge in [0.05, 0.1) is 6.04 Å². The van der Waals surface area contributed by atoms with Crippen LogP contribution in [0.1, 0.15) is 34.5 Å². The monoisotopic (exact) mass is 273 g/mol. The molecule has 1 N–H and O–H groups in total. The van der Waals surface area contributed by atoms with Crippen LogP contribution in [0.5, 0.6) is 0 Å². The van der Waals surface area contributed by atoms with Crippen LogP contribution < -0.4 is 5.32 Å². The van der Waals surface area contributed by atoms with Crippen molar-refractivity contribution in [2.45, 2.75) is 18.8 Å².